The van der Waals surface area contributed by atoms with Gasteiger partial charge in [0.2, 0.25) is 0 Å². The van der Waals surface area contributed by atoms with E-state index < -0.39 is 11.0 Å². The van der Waals surface area contributed by atoms with Crippen molar-refractivity contribution in [2.24, 2.45) is 0 Å². The molecule has 1 aliphatic rings. The van der Waals surface area contributed by atoms with E-state index in [1.54, 1.807) is 12.1 Å². The van der Waals surface area contributed by atoms with Gasteiger partial charge in [0.05, 0.1) is 17.1 Å². The summed E-state index contributed by atoms with van der Waals surface area (Å²) in [5, 5.41) is 24.0. The summed E-state index contributed by atoms with van der Waals surface area (Å²) in [6.45, 7) is 0. The maximum Gasteiger partial charge on any atom is 0.269 e. The highest BCUT2D eigenvalue weighted by molar-refractivity contribution is 5.52. The van der Waals surface area contributed by atoms with Crippen molar-refractivity contribution >= 4 is 11.4 Å². The van der Waals surface area contributed by atoms with E-state index in [0.29, 0.717) is 6.42 Å². The van der Waals surface area contributed by atoms with Crippen LogP contribution in [0.4, 0.5) is 11.4 Å². The third kappa shape index (κ3) is 2.23. The number of aliphatic hydroxyl groups excluding tert-OH is 1. The van der Waals surface area contributed by atoms with Gasteiger partial charge in [0.25, 0.3) is 5.69 Å². The number of nitrogens with zero attached hydrogens (tertiary/aromatic N) is 1. The van der Waals surface area contributed by atoms with Crippen LogP contribution >= 0.6 is 0 Å². The molecule has 1 aliphatic carbocycles. The first-order valence-electron chi connectivity index (χ1n) is 6.42. The summed E-state index contributed by atoms with van der Waals surface area (Å²) in [4.78, 5) is 10.2. The van der Waals surface area contributed by atoms with Crippen molar-refractivity contribution < 1.29 is 10.0 Å². The molecule has 5 heteroatoms. The molecule has 0 unspecified atom stereocenters. The molecular formula is C15H14N2O3. The predicted molar refractivity (Wildman–Crippen MR) is 75.6 cm³/mol. The fourth-order valence-electron chi connectivity index (χ4n) is 2.61. The summed E-state index contributed by atoms with van der Waals surface area (Å²) in [6, 6.07) is 14.0. The number of rotatable bonds is 3. The second kappa shape index (κ2) is 4.94. The fourth-order valence-corrected chi connectivity index (χ4v) is 2.61. The molecular weight excluding hydrogens is 256 g/mol. The maximum atomic E-state index is 10.6. The normalized spacial score (nSPS) is 20.4. The van der Waals surface area contributed by atoms with Crippen molar-refractivity contribution in [1.82, 2.24) is 0 Å². The number of benzene rings is 2. The smallest absolute Gasteiger partial charge is 0.269 e. The minimum absolute atomic E-state index is 0.0583. The number of nitrogens with one attached hydrogen (secondary N) is 1. The first-order chi connectivity index (χ1) is 9.65. The van der Waals surface area contributed by atoms with Crippen molar-refractivity contribution in [2.45, 2.75) is 18.6 Å². The molecule has 5 nitrogen and oxygen atoms in total. The number of non-ortho nitro benzene ring substituents is 1. The highest BCUT2D eigenvalue weighted by Crippen LogP contribution is 2.34. The van der Waals surface area contributed by atoms with E-state index in [9.17, 15) is 15.2 Å². The van der Waals surface area contributed by atoms with Gasteiger partial charge in [-0.3, -0.25) is 10.1 Å². The van der Waals surface area contributed by atoms with Crippen LogP contribution < -0.4 is 5.32 Å². The van der Waals surface area contributed by atoms with Crippen molar-refractivity contribution in [3.05, 3.63) is 69.8 Å². The molecule has 0 amide bonds. The van der Waals surface area contributed by atoms with Gasteiger partial charge in [-0.2, -0.15) is 0 Å². The lowest BCUT2D eigenvalue weighted by Crippen LogP contribution is -2.21. The first-order valence-corrected chi connectivity index (χ1v) is 6.42. The summed E-state index contributed by atoms with van der Waals surface area (Å²) < 4.78 is 0. The van der Waals surface area contributed by atoms with Gasteiger partial charge in [-0.15, -0.1) is 0 Å². The van der Waals surface area contributed by atoms with E-state index in [1.165, 1.54) is 12.1 Å². The van der Waals surface area contributed by atoms with Crippen molar-refractivity contribution in [3.8, 4) is 0 Å². The molecule has 2 N–H and O–H groups in total. The molecule has 0 radical (unpaired) electrons. The lowest BCUT2D eigenvalue weighted by Gasteiger charge is -2.19. The second-order valence-electron chi connectivity index (χ2n) is 4.90. The SMILES string of the molecule is O=[N+]([O-])c1ccc(N[C@H]2c3ccccc3C[C@H]2O)cc1. The van der Waals surface area contributed by atoms with E-state index in [2.05, 4.69) is 5.32 Å². The highest BCUT2D eigenvalue weighted by atomic mass is 16.6. The second-order valence-corrected chi connectivity index (χ2v) is 4.90. The largest absolute Gasteiger partial charge is 0.390 e. The number of hydrogen-bond donors (Lipinski definition) is 2. The van der Waals surface area contributed by atoms with Gasteiger partial charge < -0.3 is 10.4 Å². The van der Waals surface area contributed by atoms with Gasteiger partial charge in [-0.25, -0.2) is 0 Å². The summed E-state index contributed by atoms with van der Waals surface area (Å²) >= 11 is 0. The highest BCUT2D eigenvalue weighted by Gasteiger charge is 2.30. The molecule has 0 bridgehead atoms. The summed E-state index contributed by atoms with van der Waals surface area (Å²) in [7, 11) is 0. The Morgan fingerprint density at radius 1 is 1.15 bits per heavy atom. The zero-order chi connectivity index (χ0) is 14.1. The molecule has 20 heavy (non-hydrogen) atoms. The molecule has 2 aromatic carbocycles. The molecule has 0 aromatic heterocycles. The van der Waals surface area contributed by atoms with Crippen LogP contribution in [0.1, 0.15) is 17.2 Å². The molecule has 2 atom stereocenters. The average molecular weight is 270 g/mol. The van der Waals surface area contributed by atoms with Gasteiger partial charge in [0, 0.05) is 24.2 Å². The number of nitro benzene ring substituents is 1. The third-order valence-corrected chi connectivity index (χ3v) is 3.60. The molecule has 0 saturated heterocycles. The molecule has 0 spiro atoms. The Kier molecular flexibility index (Phi) is 3.12. The molecule has 0 fully saturated rings. The predicted octanol–water partition coefficient (Wildman–Crippen LogP) is 2.67. The topological polar surface area (TPSA) is 75.4 Å². The Hall–Kier alpha value is -2.40. The van der Waals surface area contributed by atoms with Crippen molar-refractivity contribution in [3.63, 3.8) is 0 Å². The van der Waals surface area contributed by atoms with Crippen LogP contribution in [0.2, 0.25) is 0 Å². The number of aliphatic hydroxyl groups is 1. The summed E-state index contributed by atoms with van der Waals surface area (Å²) in [5.74, 6) is 0. The minimum Gasteiger partial charge on any atom is -0.390 e. The Bertz CT molecular complexity index is 640. The molecule has 0 aliphatic heterocycles. The quantitative estimate of drug-likeness (QED) is 0.664. The molecule has 0 heterocycles. The van der Waals surface area contributed by atoms with E-state index in [0.717, 1.165) is 16.8 Å². The lowest BCUT2D eigenvalue weighted by atomic mass is 10.1. The van der Waals surface area contributed by atoms with E-state index in [1.807, 2.05) is 24.3 Å². The van der Waals surface area contributed by atoms with Crippen molar-refractivity contribution in [1.29, 1.82) is 0 Å². The Morgan fingerprint density at radius 2 is 1.85 bits per heavy atom. The Balaban J connectivity index is 1.82. The van der Waals surface area contributed by atoms with Crippen LogP contribution in [0.5, 0.6) is 0 Å². The standard InChI is InChI=1S/C15H14N2O3/c18-14-9-10-3-1-2-4-13(10)15(14)16-11-5-7-12(8-6-11)17(19)20/h1-8,14-16,18H,9H2/t14-,15+/m1/s1. The van der Waals surface area contributed by atoms with Crippen LogP contribution in [0.15, 0.2) is 48.5 Å². The Labute approximate surface area is 116 Å². The molecule has 3 rings (SSSR count). The monoisotopic (exact) mass is 270 g/mol. The van der Waals surface area contributed by atoms with Crippen molar-refractivity contribution in [2.75, 3.05) is 5.32 Å². The molecule has 0 saturated carbocycles. The molecule has 2 aromatic rings. The minimum atomic E-state index is -0.484. The summed E-state index contributed by atoms with van der Waals surface area (Å²) in [5.41, 5.74) is 3.04. The van der Waals surface area contributed by atoms with Gasteiger partial charge >= 0.3 is 0 Å². The number of nitro groups is 1. The van der Waals surface area contributed by atoms with Gasteiger partial charge in [0.1, 0.15) is 0 Å². The van der Waals surface area contributed by atoms with E-state index in [4.69, 9.17) is 0 Å². The zero-order valence-electron chi connectivity index (χ0n) is 10.7. The van der Waals surface area contributed by atoms with Crippen LogP contribution in [0, 0.1) is 10.1 Å². The van der Waals surface area contributed by atoms with Gasteiger partial charge in [-0.05, 0) is 23.3 Å². The summed E-state index contributed by atoms with van der Waals surface area (Å²) in [6.07, 6.45) is 0.142. The van der Waals surface area contributed by atoms with Crippen LogP contribution in [-0.4, -0.2) is 16.1 Å². The number of anilines is 1. The first kappa shape index (κ1) is 12.6. The van der Waals surface area contributed by atoms with Gasteiger partial charge in [0.15, 0.2) is 0 Å². The third-order valence-electron chi connectivity index (χ3n) is 3.60. The maximum absolute atomic E-state index is 10.6. The fraction of sp³-hybridized carbons (Fsp3) is 0.200. The van der Waals surface area contributed by atoms with Crippen LogP contribution in [-0.2, 0) is 6.42 Å². The van der Waals surface area contributed by atoms with Gasteiger partial charge in [-0.1, -0.05) is 24.3 Å². The lowest BCUT2D eigenvalue weighted by molar-refractivity contribution is -0.384. The Morgan fingerprint density at radius 3 is 2.55 bits per heavy atom. The van der Waals surface area contributed by atoms with Crippen LogP contribution in [0.25, 0.3) is 0 Å². The number of hydrogen-bond acceptors (Lipinski definition) is 4. The average Bonchev–Trinajstić information content (AvgIpc) is 2.76. The van der Waals surface area contributed by atoms with E-state index >= 15 is 0 Å². The van der Waals surface area contributed by atoms with E-state index in [-0.39, 0.29) is 11.7 Å². The zero-order valence-corrected chi connectivity index (χ0v) is 10.7. The van der Waals surface area contributed by atoms with Crippen LogP contribution in [0.3, 0.4) is 0 Å². The molecule has 102 valence electrons. The number of fused-ring (bicyclic) bond motifs is 1.